The standard InChI is InChI=1S/C21H15ClF3N3O2S/c22-18-10-17(4-1-15(18)11-26)31(29,30)28-8-7-14-9-13(2-5-19(14)28)16-3-6-20(27-12-16)21(23,24)25/h1-4,6,9-10,12,19H,5,7-8H2. The summed E-state index contributed by atoms with van der Waals surface area (Å²) in [6.07, 6.45) is 1.20. The smallest absolute Gasteiger partial charge is 0.251 e. The molecule has 1 saturated heterocycles. The molecule has 2 heterocycles. The zero-order valence-electron chi connectivity index (χ0n) is 15.9. The largest absolute Gasteiger partial charge is 0.433 e. The van der Waals surface area contributed by atoms with Crippen LogP contribution in [0.1, 0.15) is 29.7 Å². The van der Waals surface area contributed by atoms with Gasteiger partial charge in [0, 0.05) is 18.8 Å². The van der Waals surface area contributed by atoms with Crippen molar-refractivity contribution >= 4 is 27.2 Å². The van der Waals surface area contributed by atoms with Gasteiger partial charge in [0.2, 0.25) is 10.0 Å². The maximum atomic E-state index is 13.1. The highest BCUT2D eigenvalue weighted by Crippen LogP contribution is 2.38. The van der Waals surface area contributed by atoms with Crippen LogP contribution in [0.5, 0.6) is 0 Å². The Labute approximate surface area is 182 Å². The van der Waals surface area contributed by atoms with Crippen molar-refractivity contribution in [3.63, 3.8) is 0 Å². The molecule has 0 bridgehead atoms. The van der Waals surface area contributed by atoms with Crippen LogP contribution >= 0.6 is 11.6 Å². The van der Waals surface area contributed by atoms with Gasteiger partial charge in [-0.25, -0.2) is 8.42 Å². The summed E-state index contributed by atoms with van der Waals surface area (Å²) < 4.78 is 65.9. The summed E-state index contributed by atoms with van der Waals surface area (Å²) in [6.45, 7) is 0.281. The third kappa shape index (κ3) is 3.99. The number of hydrogen-bond acceptors (Lipinski definition) is 4. The second-order valence-electron chi connectivity index (χ2n) is 7.18. The highest BCUT2D eigenvalue weighted by atomic mass is 35.5. The third-order valence-electron chi connectivity index (χ3n) is 5.35. The fraction of sp³-hybridized carbons (Fsp3) is 0.238. The lowest BCUT2D eigenvalue weighted by Gasteiger charge is -2.26. The molecular formula is C21H15ClF3N3O2S. The Bertz CT molecular complexity index is 1250. The second-order valence-corrected chi connectivity index (χ2v) is 9.48. The second kappa shape index (κ2) is 7.79. The van der Waals surface area contributed by atoms with Gasteiger partial charge in [0.25, 0.3) is 0 Å². The van der Waals surface area contributed by atoms with E-state index in [0.717, 1.165) is 11.6 Å². The van der Waals surface area contributed by atoms with Gasteiger partial charge >= 0.3 is 6.18 Å². The lowest BCUT2D eigenvalue weighted by Crippen LogP contribution is -2.36. The molecular weight excluding hydrogens is 451 g/mol. The van der Waals surface area contributed by atoms with E-state index in [-0.39, 0.29) is 28.1 Å². The van der Waals surface area contributed by atoms with Crippen LogP contribution in [0.15, 0.2) is 59.1 Å². The molecule has 1 unspecified atom stereocenters. The number of hydrogen-bond donors (Lipinski definition) is 0. The van der Waals surface area contributed by atoms with Gasteiger partial charge < -0.3 is 0 Å². The molecule has 31 heavy (non-hydrogen) atoms. The van der Waals surface area contributed by atoms with Crippen LogP contribution in [-0.4, -0.2) is 30.3 Å². The average molecular weight is 466 g/mol. The minimum atomic E-state index is -4.50. The number of halogens is 4. The van der Waals surface area contributed by atoms with E-state index in [4.69, 9.17) is 16.9 Å². The van der Waals surface area contributed by atoms with Crippen molar-refractivity contribution in [3.8, 4) is 6.07 Å². The van der Waals surface area contributed by atoms with Crippen LogP contribution in [-0.2, 0) is 16.2 Å². The summed E-state index contributed by atoms with van der Waals surface area (Å²) in [5.41, 5.74) is 1.38. The molecule has 5 nitrogen and oxygen atoms in total. The number of pyridine rings is 1. The molecule has 1 aromatic heterocycles. The average Bonchev–Trinajstić information content (AvgIpc) is 3.17. The predicted molar refractivity (Wildman–Crippen MR) is 108 cm³/mol. The van der Waals surface area contributed by atoms with Gasteiger partial charge in [0.05, 0.1) is 15.5 Å². The molecule has 0 N–H and O–H groups in total. The number of allylic oxidation sites excluding steroid dienone is 2. The Morgan fingerprint density at radius 1 is 1.23 bits per heavy atom. The van der Waals surface area contributed by atoms with E-state index in [9.17, 15) is 21.6 Å². The Balaban J connectivity index is 1.57. The maximum Gasteiger partial charge on any atom is 0.433 e. The van der Waals surface area contributed by atoms with Gasteiger partial charge in [-0.1, -0.05) is 29.8 Å². The molecule has 1 aromatic carbocycles. The molecule has 2 aliphatic rings. The molecule has 4 rings (SSSR count). The van der Waals surface area contributed by atoms with E-state index in [0.29, 0.717) is 24.0 Å². The molecule has 2 aromatic rings. The Morgan fingerprint density at radius 3 is 2.61 bits per heavy atom. The minimum Gasteiger partial charge on any atom is -0.251 e. The number of alkyl halides is 3. The number of benzene rings is 1. The summed E-state index contributed by atoms with van der Waals surface area (Å²) in [5.74, 6) is 0. The van der Waals surface area contributed by atoms with Crippen LogP contribution in [0.25, 0.3) is 5.57 Å². The first kappa shape index (κ1) is 21.6. The third-order valence-corrected chi connectivity index (χ3v) is 7.57. The molecule has 10 heteroatoms. The van der Waals surface area contributed by atoms with Crippen molar-refractivity contribution < 1.29 is 21.6 Å². The first-order valence-electron chi connectivity index (χ1n) is 9.27. The van der Waals surface area contributed by atoms with E-state index >= 15 is 0 Å². The topological polar surface area (TPSA) is 74.1 Å². The molecule has 0 saturated carbocycles. The number of rotatable bonds is 3. The van der Waals surface area contributed by atoms with Gasteiger partial charge in [0.15, 0.2) is 0 Å². The molecule has 0 spiro atoms. The molecule has 0 amide bonds. The first-order valence-corrected chi connectivity index (χ1v) is 11.1. The highest BCUT2D eigenvalue weighted by Gasteiger charge is 2.39. The first-order chi connectivity index (χ1) is 14.6. The lowest BCUT2D eigenvalue weighted by molar-refractivity contribution is -0.141. The summed E-state index contributed by atoms with van der Waals surface area (Å²) in [6, 6.07) is 7.83. The van der Waals surface area contributed by atoms with Crippen molar-refractivity contribution in [1.82, 2.24) is 9.29 Å². The van der Waals surface area contributed by atoms with E-state index in [1.165, 1.54) is 34.8 Å². The minimum absolute atomic E-state index is 0.0134. The molecule has 1 atom stereocenters. The van der Waals surface area contributed by atoms with E-state index in [1.807, 2.05) is 12.1 Å². The van der Waals surface area contributed by atoms with Crippen LogP contribution in [0, 0.1) is 11.3 Å². The van der Waals surface area contributed by atoms with Crippen LogP contribution < -0.4 is 0 Å². The van der Waals surface area contributed by atoms with Crippen molar-refractivity contribution in [2.75, 3.05) is 6.54 Å². The zero-order valence-corrected chi connectivity index (χ0v) is 17.5. The normalized spacial score (nSPS) is 19.4. The van der Waals surface area contributed by atoms with Crippen molar-refractivity contribution in [2.24, 2.45) is 0 Å². The van der Waals surface area contributed by atoms with E-state index < -0.39 is 21.9 Å². The Morgan fingerprint density at radius 2 is 2.00 bits per heavy atom. The molecule has 1 aliphatic heterocycles. The summed E-state index contributed by atoms with van der Waals surface area (Å²) in [5, 5.41) is 9.05. The maximum absolute atomic E-state index is 13.1. The van der Waals surface area contributed by atoms with Gasteiger partial charge in [-0.05, 0) is 53.8 Å². The van der Waals surface area contributed by atoms with Gasteiger partial charge in [-0.3, -0.25) is 4.98 Å². The van der Waals surface area contributed by atoms with Crippen molar-refractivity contribution in [2.45, 2.75) is 30.0 Å². The predicted octanol–water partition coefficient (Wildman–Crippen LogP) is 4.80. The Kier molecular flexibility index (Phi) is 5.41. The molecule has 1 fully saturated rings. The summed E-state index contributed by atoms with van der Waals surface area (Å²) >= 11 is 6.00. The fourth-order valence-electron chi connectivity index (χ4n) is 3.78. The van der Waals surface area contributed by atoms with E-state index in [2.05, 4.69) is 4.98 Å². The lowest BCUT2D eigenvalue weighted by atomic mass is 9.92. The van der Waals surface area contributed by atoms with E-state index in [1.54, 1.807) is 6.08 Å². The van der Waals surface area contributed by atoms with Crippen LogP contribution in [0.4, 0.5) is 13.2 Å². The summed E-state index contributed by atoms with van der Waals surface area (Å²) in [7, 11) is -3.83. The monoisotopic (exact) mass is 465 g/mol. The van der Waals surface area contributed by atoms with Gasteiger partial charge in [-0.15, -0.1) is 0 Å². The van der Waals surface area contributed by atoms with Crippen molar-refractivity contribution in [3.05, 3.63) is 76.1 Å². The van der Waals surface area contributed by atoms with Gasteiger partial charge in [0.1, 0.15) is 11.8 Å². The van der Waals surface area contributed by atoms with Crippen LogP contribution in [0.2, 0.25) is 5.02 Å². The number of nitriles is 1. The van der Waals surface area contributed by atoms with Crippen LogP contribution in [0.3, 0.4) is 0 Å². The fourth-order valence-corrected chi connectivity index (χ4v) is 5.74. The molecule has 160 valence electrons. The quantitative estimate of drug-likeness (QED) is 0.652. The number of sulfonamides is 1. The number of fused-ring (bicyclic) bond motifs is 1. The van der Waals surface area contributed by atoms with Crippen molar-refractivity contribution in [1.29, 1.82) is 5.26 Å². The Hall–Kier alpha value is -2.67. The molecule has 0 radical (unpaired) electrons. The molecule has 1 aliphatic carbocycles. The highest BCUT2D eigenvalue weighted by molar-refractivity contribution is 7.89. The zero-order chi connectivity index (χ0) is 22.4. The van der Waals surface area contributed by atoms with Gasteiger partial charge in [-0.2, -0.15) is 22.7 Å². The summed E-state index contributed by atoms with van der Waals surface area (Å²) in [4.78, 5) is 3.50. The number of aromatic nitrogens is 1. The number of nitrogens with zero attached hydrogens (tertiary/aromatic N) is 3. The SMILES string of the molecule is N#Cc1ccc(S(=O)(=O)N2CCC3=CC(c4ccc(C(F)(F)F)nc4)=CCC32)cc1Cl.